The Bertz CT molecular complexity index is 1530. The van der Waals surface area contributed by atoms with Crippen molar-refractivity contribution in [1.29, 1.82) is 0 Å². The molecular formula is C33H23N. The van der Waals surface area contributed by atoms with Gasteiger partial charge in [0, 0.05) is 17.1 Å². The Morgan fingerprint density at radius 2 is 0.794 bits per heavy atom. The van der Waals surface area contributed by atoms with Crippen LogP contribution in [0.3, 0.4) is 0 Å². The second-order valence-corrected chi connectivity index (χ2v) is 8.53. The third kappa shape index (κ3) is 4.00. The second kappa shape index (κ2) is 8.80. The van der Waals surface area contributed by atoms with Gasteiger partial charge < -0.3 is 0 Å². The summed E-state index contributed by atoms with van der Waals surface area (Å²) in [5, 5.41) is 2.36. The summed E-state index contributed by atoms with van der Waals surface area (Å²) in [4.78, 5) is 4.74. The molecule has 0 saturated carbocycles. The van der Waals surface area contributed by atoms with Crippen LogP contribution >= 0.6 is 0 Å². The van der Waals surface area contributed by atoms with Gasteiger partial charge in [-0.15, -0.1) is 0 Å². The van der Waals surface area contributed by atoms with E-state index in [9.17, 15) is 0 Å². The molecule has 0 aliphatic carbocycles. The highest BCUT2D eigenvalue weighted by Crippen LogP contribution is 2.34. The molecule has 0 saturated heterocycles. The van der Waals surface area contributed by atoms with Gasteiger partial charge in [0.15, 0.2) is 0 Å². The highest BCUT2D eigenvalue weighted by Gasteiger charge is 2.09. The van der Waals surface area contributed by atoms with E-state index in [1.807, 2.05) is 12.3 Å². The number of rotatable bonds is 4. The van der Waals surface area contributed by atoms with Crippen molar-refractivity contribution in [2.45, 2.75) is 0 Å². The summed E-state index contributed by atoms with van der Waals surface area (Å²) >= 11 is 0. The number of nitrogens with zero attached hydrogens (tertiary/aromatic N) is 1. The first-order valence-electron chi connectivity index (χ1n) is 11.5. The SMILES string of the molecule is c1ccc(-c2cc(-c3ccccc3)cc(-c3cccc(-c4cc5ccccc5cn4)c3)c2)cc1. The van der Waals surface area contributed by atoms with Gasteiger partial charge in [0.05, 0.1) is 5.69 Å². The van der Waals surface area contributed by atoms with Crippen LogP contribution in [0.1, 0.15) is 0 Å². The molecule has 0 atom stereocenters. The minimum atomic E-state index is 0.989. The van der Waals surface area contributed by atoms with Crippen LogP contribution in [0.2, 0.25) is 0 Å². The number of hydrogen-bond donors (Lipinski definition) is 0. The molecule has 6 aromatic rings. The van der Waals surface area contributed by atoms with Crippen molar-refractivity contribution in [3.8, 4) is 44.6 Å². The van der Waals surface area contributed by atoms with Crippen molar-refractivity contribution < 1.29 is 0 Å². The van der Waals surface area contributed by atoms with Crippen LogP contribution < -0.4 is 0 Å². The lowest BCUT2D eigenvalue weighted by Crippen LogP contribution is -1.88. The molecular weight excluding hydrogens is 410 g/mol. The molecule has 0 aliphatic rings. The molecule has 1 heterocycles. The fourth-order valence-corrected chi connectivity index (χ4v) is 4.49. The molecule has 0 fully saturated rings. The number of fused-ring (bicyclic) bond motifs is 1. The largest absolute Gasteiger partial charge is 0.256 e. The van der Waals surface area contributed by atoms with Crippen LogP contribution in [0.25, 0.3) is 55.4 Å². The lowest BCUT2D eigenvalue weighted by molar-refractivity contribution is 1.36. The normalized spacial score (nSPS) is 10.9. The maximum absolute atomic E-state index is 4.74. The molecule has 0 amide bonds. The van der Waals surface area contributed by atoms with Crippen LogP contribution in [0.5, 0.6) is 0 Å². The quantitative estimate of drug-likeness (QED) is 0.270. The molecule has 5 aromatic carbocycles. The molecule has 0 bridgehead atoms. The van der Waals surface area contributed by atoms with Crippen molar-refractivity contribution in [2.75, 3.05) is 0 Å². The van der Waals surface area contributed by atoms with Crippen molar-refractivity contribution in [3.05, 3.63) is 140 Å². The Hall–Kier alpha value is -4.49. The Balaban J connectivity index is 1.48. The van der Waals surface area contributed by atoms with Gasteiger partial charge in [0.1, 0.15) is 0 Å². The zero-order chi connectivity index (χ0) is 22.7. The molecule has 0 aliphatic heterocycles. The molecule has 1 nitrogen and oxygen atoms in total. The first kappa shape index (κ1) is 20.1. The average molecular weight is 434 g/mol. The Morgan fingerprint density at radius 1 is 0.324 bits per heavy atom. The fourth-order valence-electron chi connectivity index (χ4n) is 4.49. The standard InChI is InChI=1S/C33H23N/c1-3-10-24(11-4-1)30-19-31(25-12-5-2-6-13-25)21-32(20-30)26-16-9-17-28(18-26)33-22-27-14-7-8-15-29(27)23-34-33/h1-23H. The van der Waals surface area contributed by atoms with Crippen molar-refractivity contribution >= 4 is 10.8 Å². The van der Waals surface area contributed by atoms with Gasteiger partial charge in [-0.05, 0) is 69.1 Å². The van der Waals surface area contributed by atoms with E-state index in [4.69, 9.17) is 4.98 Å². The minimum Gasteiger partial charge on any atom is -0.256 e. The van der Waals surface area contributed by atoms with Gasteiger partial charge in [-0.25, -0.2) is 0 Å². The average Bonchev–Trinajstić information content (AvgIpc) is 2.93. The lowest BCUT2D eigenvalue weighted by Gasteiger charge is -2.12. The summed E-state index contributed by atoms with van der Waals surface area (Å²) in [6, 6.07) is 47.3. The topological polar surface area (TPSA) is 12.9 Å². The summed E-state index contributed by atoms with van der Waals surface area (Å²) in [5.41, 5.74) is 9.35. The van der Waals surface area contributed by atoms with Crippen LogP contribution in [-0.4, -0.2) is 4.98 Å². The van der Waals surface area contributed by atoms with Crippen LogP contribution in [0.4, 0.5) is 0 Å². The Morgan fingerprint density at radius 3 is 1.44 bits per heavy atom. The van der Waals surface area contributed by atoms with Gasteiger partial charge in [-0.1, -0.05) is 103 Å². The molecule has 0 unspecified atom stereocenters. The van der Waals surface area contributed by atoms with E-state index in [0.29, 0.717) is 0 Å². The van der Waals surface area contributed by atoms with E-state index >= 15 is 0 Å². The smallest absolute Gasteiger partial charge is 0.0708 e. The van der Waals surface area contributed by atoms with Gasteiger partial charge in [0.25, 0.3) is 0 Å². The molecule has 34 heavy (non-hydrogen) atoms. The summed E-state index contributed by atoms with van der Waals surface area (Å²) in [5.74, 6) is 0. The summed E-state index contributed by atoms with van der Waals surface area (Å²) in [7, 11) is 0. The lowest BCUT2D eigenvalue weighted by atomic mass is 9.92. The van der Waals surface area contributed by atoms with Crippen LogP contribution in [-0.2, 0) is 0 Å². The predicted octanol–water partition coefficient (Wildman–Crippen LogP) is 8.90. The maximum atomic E-state index is 4.74. The minimum absolute atomic E-state index is 0.989. The molecule has 6 rings (SSSR count). The third-order valence-corrected chi connectivity index (χ3v) is 6.27. The number of hydrogen-bond acceptors (Lipinski definition) is 1. The van der Waals surface area contributed by atoms with Gasteiger partial charge in [-0.3, -0.25) is 4.98 Å². The number of aromatic nitrogens is 1. The molecule has 1 aromatic heterocycles. The Kier molecular flexibility index (Phi) is 5.21. The number of benzene rings is 5. The predicted molar refractivity (Wildman–Crippen MR) is 143 cm³/mol. The molecule has 0 spiro atoms. The van der Waals surface area contributed by atoms with Gasteiger partial charge >= 0.3 is 0 Å². The molecule has 160 valence electrons. The van der Waals surface area contributed by atoms with Gasteiger partial charge in [-0.2, -0.15) is 0 Å². The van der Waals surface area contributed by atoms with E-state index in [1.165, 1.54) is 38.8 Å². The van der Waals surface area contributed by atoms with Crippen LogP contribution in [0.15, 0.2) is 140 Å². The van der Waals surface area contributed by atoms with Gasteiger partial charge in [0.2, 0.25) is 0 Å². The monoisotopic (exact) mass is 433 g/mol. The number of pyridine rings is 1. The van der Waals surface area contributed by atoms with E-state index in [-0.39, 0.29) is 0 Å². The highest BCUT2D eigenvalue weighted by molar-refractivity contribution is 5.86. The fraction of sp³-hybridized carbons (Fsp3) is 0. The zero-order valence-electron chi connectivity index (χ0n) is 18.7. The van der Waals surface area contributed by atoms with Crippen molar-refractivity contribution in [3.63, 3.8) is 0 Å². The summed E-state index contributed by atoms with van der Waals surface area (Å²) in [6.45, 7) is 0. The first-order valence-corrected chi connectivity index (χ1v) is 11.5. The van der Waals surface area contributed by atoms with Crippen LogP contribution in [0, 0.1) is 0 Å². The summed E-state index contributed by atoms with van der Waals surface area (Å²) < 4.78 is 0. The van der Waals surface area contributed by atoms with Crippen molar-refractivity contribution in [2.24, 2.45) is 0 Å². The van der Waals surface area contributed by atoms with E-state index in [1.54, 1.807) is 0 Å². The summed E-state index contributed by atoms with van der Waals surface area (Å²) in [6.07, 6.45) is 1.96. The molecule has 0 radical (unpaired) electrons. The Labute approximate surface area is 200 Å². The van der Waals surface area contributed by atoms with Crippen molar-refractivity contribution in [1.82, 2.24) is 4.98 Å². The second-order valence-electron chi connectivity index (χ2n) is 8.53. The van der Waals surface area contributed by atoms with E-state index in [0.717, 1.165) is 16.6 Å². The van der Waals surface area contributed by atoms with E-state index in [2.05, 4.69) is 127 Å². The highest BCUT2D eigenvalue weighted by atomic mass is 14.7. The first-order chi connectivity index (χ1) is 16.8. The third-order valence-electron chi connectivity index (χ3n) is 6.27. The zero-order valence-corrected chi connectivity index (χ0v) is 18.7. The molecule has 0 N–H and O–H groups in total. The maximum Gasteiger partial charge on any atom is 0.0708 e. The molecule has 1 heteroatoms. The van der Waals surface area contributed by atoms with E-state index < -0.39 is 0 Å².